The number of thiophene rings is 1. The summed E-state index contributed by atoms with van der Waals surface area (Å²) in [5, 5.41) is 4.99. The number of nitrogens with zero attached hydrogens (tertiary/aromatic N) is 2. The van der Waals surface area contributed by atoms with Crippen LogP contribution in [0, 0.1) is 0 Å². The molecule has 0 spiro atoms. The van der Waals surface area contributed by atoms with Gasteiger partial charge in [0.05, 0.1) is 29.3 Å². The van der Waals surface area contributed by atoms with Crippen molar-refractivity contribution in [2.24, 2.45) is 5.10 Å². The second-order valence-electron chi connectivity index (χ2n) is 4.94. The summed E-state index contributed by atoms with van der Waals surface area (Å²) >= 11 is 1.57. The van der Waals surface area contributed by atoms with Crippen LogP contribution in [0.3, 0.4) is 0 Å². The van der Waals surface area contributed by atoms with E-state index < -0.39 is 10.0 Å². The molecule has 0 amide bonds. The summed E-state index contributed by atoms with van der Waals surface area (Å²) in [6.45, 7) is 3.21. The fraction of sp³-hybridized carbons (Fsp3) is 0.267. The second-order valence-corrected chi connectivity index (χ2v) is 7.70. The highest BCUT2D eigenvalue weighted by atomic mass is 32.2. The summed E-state index contributed by atoms with van der Waals surface area (Å²) in [4.78, 5) is 5.56. The molecule has 1 aliphatic rings. The van der Waals surface area contributed by atoms with E-state index in [0.717, 1.165) is 36.2 Å². The zero-order valence-corrected chi connectivity index (χ0v) is 14.0. The second kappa shape index (κ2) is 7.12. The highest BCUT2D eigenvalue weighted by Crippen LogP contribution is 2.25. The van der Waals surface area contributed by atoms with Crippen molar-refractivity contribution >= 4 is 32.6 Å². The van der Waals surface area contributed by atoms with Crippen LogP contribution in [0.4, 0.5) is 5.00 Å². The molecule has 23 heavy (non-hydrogen) atoms. The fourth-order valence-corrected chi connectivity index (χ4v) is 3.92. The zero-order valence-electron chi connectivity index (χ0n) is 12.4. The minimum Gasteiger partial charge on any atom is -0.378 e. The van der Waals surface area contributed by atoms with Gasteiger partial charge >= 0.3 is 0 Å². The Labute approximate surface area is 139 Å². The molecular weight excluding hydrogens is 334 g/mol. The molecule has 0 radical (unpaired) electrons. The SMILES string of the molecule is O=S(=O)(N/N=C\c1ccc(N2CCOCC2)s1)c1ccccc1. The molecule has 0 saturated carbocycles. The third kappa shape index (κ3) is 4.10. The van der Waals surface area contributed by atoms with Gasteiger partial charge in [-0.25, -0.2) is 4.83 Å². The lowest BCUT2D eigenvalue weighted by Gasteiger charge is -2.27. The van der Waals surface area contributed by atoms with Crippen molar-refractivity contribution in [1.82, 2.24) is 4.83 Å². The normalized spacial score (nSPS) is 15.9. The number of sulfonamides is 1. The lowest BCUT2D eigenvalue weighted by atomic mass is 10.4. The molecule has 2 heterocycles. The van der Waals surface area contributed by atoms with Crippen LogP contribution < -0.4 is 9.73 Å². The Morgan fingerprint density at radius 1 is 1.13 bits per heavy atom. The number of ether oxygens (including phenoxy) is 1. The van der Waals surface area contributed by atoms with E-state index in [1.807, 2.05) is 12.1 Å². The highest BCUT2D eigenvalue weighted by molar-refractivity contribution is 7.89. The van der Waals surface area contributed by atoms with Crippen molar-refractivity contribution in [3.05, 3.63) is 47.3 Å². The maximum absolute atomic E-state index is 12.0. The number of hydrogen-bond acceptors (Lipinski definition) is 6. The van der Waals surface area contributed by atoms with Gasteiger partial charge in [0.15, 0.2) is 0 Å². The number of hydrogen-bond donors (Lipinski definition) is 1. The molecule has 1 aromatic carbocycles. The molecule has 2 aromatic rings. The Hall–Kier alpha value is -1.90. The Balaban J connectivity index is 1.63. The van der Waals surface area contributed by atoms with E-state index in [1.54, 1.807) is 29.5 Å². The predicted molar refractivity (Wildman–Crippen MR) is 91.7 cm³/mol. The average molecular weight is 351 g/mol. The van der Waals surface area contributed by atoms with Gasteiger partial charge in [0.2, 0.25) is 0 Å². The van der Waals surface area contributed by atoms with E-state index in [-0.39, 0.29) is 4.90 Å². The van der Waals surface area contributed by atoms with Crippen LogP contribution >= 0.6 is 11.3 Å². The van der Waals surface area contributed by atoms with E-state index in [9.17, 15) is 8.42 Å². The number of hydrazone groups is 1. The molecule has 8 heteroatoms. The monoisotopic (exact) mass is 351 g/mol. The van der Waals surface area contributed by atoms with Gasteiger partial charge in [-0.1, -0.05) is 18.2 Å². The van der Waals surface area contributed by atoms with Crippen LogP contribution in [0.15, 0.2) is 52.5 Å². The topological polar surface area (TPSA) is 71.0 Å². The lowest BCUT2D eigenvalue weighted by molar-refractivity contribution is 0.123. The predicted octanol–water partition coefficient (Wildman–Crippen LogP) is 1.90. The minimum absolute atomic E-state index is 0.192. The molecular formula is C15H17N3O3S2. The molecule has 1 saturated heterocycles. The number of rotatable bonds is 5. The summed E-state index contributed by atoms with van der Waals surface area (Å²) in [7, 11) is -3.61. The van der Waals surface area contributed by atoms with Crippen LogP contribution in [-0.2, 0) is 14.8 Å². The molecule has 0 atom stereocenters. The molecule has 0 unspecified atom stereocenters. The molecule has 1 N–H and O–H groups in total. The van der Waals surface area contributed by atoms with E-state index >= 15 is 0 Å². The van der Waals surface area contributed by atoms with Crippen molar-refractivity contribution < 1.29 is 13.2 Å². The Morgan fingerprint density at radius 3 is 2.61 bits per heavy atom. The van der Waals surface area contributed by atoms with Gasteiger partial charge in [-0.3, -0.25) is 0 Å². The van der Waals surface area contributed by atoms with Gasteiger partial charge in [-0.15, -0.1) is 11.3 Å². The van der Waals surface area contributed by atoms with Gasteiger partial charge in [-0.05, 0) is 24.3 Å². The zero-order chi connectivity index (χ0) is 16.1. The van der Waals surface area contributed by atoms with Gasteiger partial charge in [0.25, 0.3) is 10.0 Å². The Kier molecular flexibility index (Phi) is 4.94. The summed E-state index contributed by atoms with van der Waals surface area (Å²) in [6, 6.07) is 12.1. The summed E-state index contributed by atoms with van der Waals surface area (Å²) in [5.74, 6) is 0. The maximum Gasteiger partial charge on any atom is 0.276 e. The van der Waals surface area contributed by atoms with E-state index in [1.165, 1.54) is 18.3 Å². The number of anilines is 1. The summed E-state index contributed by atoms with van der Waals surface area (Å²) in [6.07, 6.45) is 1.52. The summed E-state index contributed by atoms with van der Waals surface area (Å²) in [5.41, 5.74) is 0. The van der Waals surface area contributed by atoms with Crippen molar-refractivity contribution in [2.45, 2.75) is 4.90 Å². The van der Waals surface area contributed by atoms with E-state index in [4.69, 9.17) is 4.74 Å². The van der Waals surface area contributed by atoms with Crippen LogP contribution in [0.1, 0.15) is 4.88 Å². The molecule has 122 valence electrons. The Bertz CT molecular complexity index is 766. The quantitative estimate of drug-likeness (QED) is 0.660. The first kappa shape index (κ1) is 16.0. The number of nitrogens with one attached hydrogen (secondary N) is 1. The molecule has 3 rings (SSSR count). The summed E-state index contributed by atoms with van der Waals surface area (Å²) < 4.78 is 29.4. The minimum atomic E-state index is -3.61. The van der Waals surface area contributed by atoms with Crippen LogP contribution in [0.2, 0.25) is 0 Å². The van der Waals surface area contributed by atoms with Crippen molar-refractivity contribution in [2.75, 3.05) is 31.2 Å². The lowest BCUT2D eigenvalue weighted by Crippen LogP contribution is -2.35. The standard InChI is InChI=1S/C15H17N3O3S2/c19-23(20,14-4-2-1-3-5-14)17-16-12-13-6-7-15(22-13)18-8-10-21-11-9-18/h1-7,12,17H,8-11H2/b16-12-. The van der Waals surface area contributed by atoms with Crippen molar-refractivity contribution in [3.63, 3.8) is 0 Å². The Morgan fingerprint density at radius 2 is 1.87 bits per heavy atom. The fourth-order valence-electron chi connectivity index (χ4n) is 2.18. The number of benzene rings is 1. The molecule has 1 aromatic heterocycles. The molecule has 0 bridgehead atoms. The molecule has 1 aliphatic heterocycles. The van der Waals surface area contributed by atoms with Crippen molar-refractivity contribution in [3.8, 4) is 0 Å². The van der Waals surface area contributed by atoms with Gasteiger partial charge < -0.3 is 9.64 Å². The van der Waals surface area contributed by atoms with Crippen LogP contribution in [0.5, 0.6) is 0 Å². The first-order chi connectivity index (χ1) is 11.1. The largest absolute Gasteiger partial charge is 0.378 e. The van der Waals surface area contributed by atoms with Crippen LogP contribution in [0.25, 0.3) is 0 Å². The average Bonchev–Trinajstić information content (AvgIpc) is 3.05. The van der Waals surface area contributed by atoms with Gasteiger partial charge in [-0.2, -0.15) is 13.5 Å². The van der Waals surface area contributed by atoms with E-state index in [0.29, 0.717) is 0 Å². The third-order valence-corrected chi connectivity index (χ3v) is 5.67. The van der Waals surface area contributed by atoms with Crippen LogP contribution in [-0.4, -0.2) is 40.9 Å². The van der Waals surface area contributed by atoms with Crippen molar-refractivity contribution in [1.29, 1.82) is 0 Å². The first-order valence-corrected chi connectivity index (χ1v) is 9.47. The maximum atomic E-state index is 12.0. The first-order valence-electron chi connectivity index (χ1n) is 7.18. The van der Waals surface area contributed by atoms with Gasteiger partial charge in [0.1, 0.15) is 0 Å². The molecule has 0 aliphatic carbocycles. The smallest absolute Gasteiger partial charge is 0.276 e. The highest BCUT2D eigenvalue weighted by Gasteiger charge is 2.13. The van der Waals surface area contributed by atoms with Gasteiger partial charge in [0, 0.05) is 18.0 Å². The van der Waals surface area contributed by atoms with E-state index in [2.05, 4.69) is 14.8 Å². The number of morpholine rings is 1. The third-order valence-electron chi connectivity index (χ3n) is 3.35. The molecule has 6 nitrogen and oxygen atoms in total. The molecule has 1 fully saturated rings.